The largest absolute Gasteiger partial charge is 0.481 e. The van der Waals surface area contributed by atoms with E-state index in [0.717, 1.165) is 25.7 Å². The van der Waals surface area contributed by atoms with E-state index >= 15 is 0 Å². The summed E-state index contributed by atoms with van der Waals surface area (Å²) in [7, 11) is 0. The van der Waals surface area contributed by atoms with E-state index in [2.05, 4.69) is 12.2 Å². The molecule has 0 aliphatic heterocycles. The van der Waals surface area contributed by atoms with Crippen molar-refractivity contribution in [1.82, 2.24) is 0 Å². The highest BCUT2D eigenvalue weighted by atomic mass is 16.4. The van der Waals surface area contributed by atoms with Crippen LogP contribution in [0.5, 0.6) is 0 Å². The van der Waals surface area contributed by atoms with Crippen LogP contribution in [-0.2, 0) is 9.59 Å². The first kappa shape index (κ1) is 36.7. The quantitative estimate of drug-likeness (QED) is 0.0662. The van der Waals surface area contributed by atoms with Gasteiger partial charge in [-0.2, -0.15) is 0 Å². The van der Waals surface area contributed by atoms with Gasteiger partial charge in [0.25, 0.3) is 0 Å². The Hall–Kier alpha value is -1.32. The van der Waals surface area contributed by atoms with Gasteiger partial charge in [0.1, 0.15) is 0 Å². The molecule has 0 saturated carbocycles. The predicted octanol–water partition coefficient (Wildman–Crippen LogP) is 11.4. The molecule has 0 rings (SSSR count). The number of allylic oxidation sites excluding steroid dienone is 2. The molecule has 0 fully saturated rings. The van der Waals surface area contributed by atoms with Crippen molar-refractivity contribution in [2.45, 2.75) is 193 Å². The summed E-state index contributed by atoms with van der Waals surface area (Å²) < 4.78 is 0. The Morgan fingerprint density at radius 2 is 0.500 bits per heavy atom. The highest BCUT2D eigenvalue weighted by molar-refractivity contribution is 5.66. The number of rotatable bonds is 32. The molecular weight excluding hydrogens is 472 g/mol. The normalized spacial score (nSPS) is 11.5. The Morgan fingerprint density at radius 3 is 0.711 bits per heavy atom. The summed E-state index contributed by atoms with van der Waals surface area (Å²) in [4.78, 5) is 20.9. The van der Waals surface area contributed by atoms with Gasteiger partial charge in [-0.1, -0.05) is 153 Å². The third-order valence-corrected chi connectivity index (χ3v) is 7.69. The molecule has 0 unspecified atom stereocenters. The SMILES string of the molecule is O=C(O)CCCCCCCC=CCCCCCCCCCCCCCCCCCCCCCCCC(=O)O. The van der Waals surface area contributed by atoms with Crippen molar-refractivity contribution in [2.24, 2.45) is 0 Å². The summed E-state index contributed by atoms with van der Waals surface area (Å²) in [5.41, 5.74) is 0. The van der Waals surface area contributed by atoms with E-state index in [0.29, 0.717) is 12.8 Å². The topological polar surface area (TPSA) is 74.6 Å². The number of aliphatic carboxylic acids is 2. The summed E-state index contributed by atoms with van der Waals surface area (Å²) in [6.45, 7) is 0. The maximum atomic E-state index is 10.5. The molecule has 224 valence electrons. The first-order valence-electron chi connectivity index (χ1n) is 16.7. The first-order valence-corrected chi connectivity index (χ1v) is 16.7. The van der Waals surface area contributed by atoms with Gasteiger partial charge < -0.3 is 10.2 Å². The maximum absolute atomic E-state index is 10.5. The molecule has 0 aliphatic rings. The molecule has 0 heterocycles. The van der Waals surface area contributed by atoms with Gasteiger partial charge in [0.05, 0.1) is 0 Å². The number of carboxylic acid groups (broad SMARTS) is 2. The van der Waals surface area contributed by atoms with Crippen molar-refractivity contribution in [3.63, 3.8) is 0 Å². The molecule has 4 heteroatoms. The average Bonchev–Trinajstić information content (AvgIpc) is 2.89. The Balaban J connectivity index is 3.09. The molecular formula is C34H64O4. The van der Waals surface area contributed by atoms with E-state index in [-0.39, 0.29) is 0 Å². The van der Waals surface area contributed by atoms with Crippen molar-refractivity contribution in [3.8, 4) is 0 Å². The lowest BCUT2D eigenvalue weighted by atomic mass is 10.0. The van der Waals surface area contributed by atoms with Crippen LogP contribution in [0.25, 0.3) is 0 Å². The summed E-state index contributed by atoms with van der Waals surface area (Å²) in [6, 6.07) is 0. The third-order valence-electron chi connectivity index (χ3n) is 7.69. The monoisotopic (exact) mass is 536 g/mol. The first-order chi connectivity index (χ1) is 18.6. The van der Waals surface area contributed by atoms with E-state index in [9.17, 15) is 9.59 Å². The standard InChI is InChI=1S/C34H64O4/c35-33(36)31-29-27-25-23-21-19-17-15-13-11-9-7-5-3-1-2-4-6-8-10-12-14-16-18-20-22-24-26-28-30-32-34(37)38/h15,17H,1-14,16,18-32H2,(H,35,36)(H,37,38). The third kappa shape index (κ3) is 34.7. The van der Waals surface area contributed by atoms with Gasteiger partial charge in [0.15, 0.2) is 0 Å². The van der Waals surface area contributed by atoms with E-state index in [4.69, 9.17) is 10.2 Å². The summed E-state index contributed by atoms with van der Waals surface area (Å²) in [5.74, 6) is -1.32. The Kier molecular flexibility index (Phi) is 30.8. The van der Waals surface area contributed by atoms with Crippen molar-refractivity contribution < 1.29 is 19.8 Å². The van der Waals surface area contributed by atoms with Crippen molar-refractivity contribution in [3.05, 3.63) is 12.2 Å². The van der Waals surface area contributed by atoms with Gasteiger partial charge in [-0.25, -0.2) is 0 Å². The van der Waals surface area contributed by atoms with Crippen LogP contribution >= 0.6 is 0 Å². The summed E-state index contributed by atoms with van der Waals surface area (Å²) >= 11 is 0. The van der Waals surface area contributed by atoms with E-state index in [1.807, 2.05) is 0 Å². The number of hydrogen-bond donors (Lipinski definition) is 2. The fraction of sp³-hybridized carbons (Fsp3) is 0.882. The predicted molar refractivity (Wildman–Crippen MR) is 163 cm³/mol. The molecule has 0 spiro atoms. The lowest BCUT2D eigenvalue weighted by Gasteiger charge is -2.04. The van der Waals surface area contributed by atoms with E-state index < -0.39 is 11.9 Å². The zero-order valence-electron chi connectivity index (χ0n) is 25.1. The number of carboxylic acids is 2. The second-order valence-electron chi connectivity index (χ2n) is 11.5. The second kappa shape index (κ2) is 31.9. The van der Waals surface area contributed by atoms with Gasteiger partial charge in [0.2, 0.25) is 0 Å². The minimum absolute atomic E-state index is 0.324. The fourth-order valence-electron chi connectivity index (χ4n) is 5.20. The smallest absolute Gasteiger partial charge is 0.303 e. The fourth-order valence-corrected chi connectivity index (χ4v) is 5.20. The van der Waals surface area contributed by atoms with Crippen LogP contribution in [0, 0.1) is 0 Å². The highest BCUT2D eigenvalue weighted by Crippen LogP contribution is 2.15. The van der Waals surface area contributed by atoms with E-state index in [1.165, 1.54) is 154 Å². The van der Waals surface area contributed by atoms with Crippen molar-refractivity contribution in [1.29, 1.82) is 0 Å². The van der Waals surface area contributed by atoms with Gasteiger partial charge >= 0.3 is 11.9 Å². The molecule has 0 bridgehead atoms. The van der Waals surface area contributed by atoms with Crippen LogP contribution in [0.15, 0.2) is 12.2 Å². The van der Waals surface area contributed by atoms with Crippen LogP contribution in [0.4, 0.5) is 0 Å². The van der Waals surface area contributed by atoms with Gasteiger partial charge in [-0.15, -0.1) is 0 Å². The molecule has 0 amide bonds. The lowest BCUT2D eigenvalue weighted by molar-refractivity contribution is -0.138. The molecule has 0 atom stereocenters. The average molecular weight is 537 g/mol. The molecule has 0 radical (unpaired) electrons. The molecule has 0 saturated heterocycles. The van der Waals surface area contributed by atoms with Crippen molar-refractivity contribution in [2.75, 3.05) is 0 Å². The highest BCUT2D eigenvalue weighted by Gasteiger charge is 1.98. The molecule has 0 aliphatic carbocycles. The Labute approximate surface area is 236 Å². The second-order valence-corrected chi connectivity index (χ2v) is 11.5. The van der Waals surface area contributed by atoms with Crippen LogP contribution < -0.4 is 0 Å². The van der Waals surface area contributed by atoms with Crippen LogP contribution in [0.3, 0.4) is 0 Å². The molecule has 4 nitrogen and oxygen atoms in total. The Morgan fingerprint density at radius 1 is 0.316 bits per heavy atom. The molecule has 0 aromatic carbocycles. The molecule has 2 N–H and O–H groups in total. The van der Waals surface area contributed by atoms with Crippen LogP contribution in [0.1, 0.15) is 193 Å². The summed E-state index contributed by atoms with van der Waals surface area (Å²) in [6.07, 6.45) is 41.5. The lowest BCUT2D eigenvalue weighted by Crippen LogP contribution is -1.93. The van der Waals surface area contributed by atoms with Gasteiger partial charge in [0, 0.05) is 12.8 Å². The number of hydrogen-bond acceptors (Lipinski definition) is 2. The number of carbonyl (C=O) groups is 2. The zero-order chi connectivity index (χ0) is 27.8. The van der Waals surface area contributed by atoms with E-state index in [1.54, 1.807) is 0 Å². The molecule has 38 heavy (non-hydrogen) atoms. The maximum Gasteiger partial charge on any atom is 0.303 e. The minimum Gasteiger partial charge on any atom is -0.481 e. The Bertz CT molecular complexity index is 529. The summed E-state index contributed by atoms with van der Waals surface area (Å²) in [5, 5.41) is 17.2. The van der Waals surface area contributed by atoms with Gasteiger partial charge in [-0.05, 0) is 38.5 Å². The zero-order valence-corrected chi connectivity index (χ0v) is 25.1. The van der Waals surface area contributed by atoms with Crippen molar-refractivity contribution >= 4 is 11.9 Å². The number of unbranched alkanes of at least 4 members (excludes halogenated alkanes) is 26. The van der Waals surface area contributed by atoms with Crippen LogP contribution in [-0.4, -0.2) is 22.2 Å². The van der Waals surface area contributed by atoms with Gasteiger partial charge in [-0.3, -0.25) is 9.59 Å². The van der Waals surface area contributed by atoms with Crippen LogP contribution in [0.2, 0.25) is 0 Å². The molecule has 0 aromatic heterocycles. The molecule has 0 aromatic rings. The minimum atomic E-state index is -0.667.